The molecule has 0 nitrogen and oxygen atoms in total. The Morgan fingerprint density at radius 3 is 2.57 bits per heavy atom. The smallest absolute Gasteiger partial charge is 0.0245 e. The molecule has 2 rings (SSSR count). The van der Waals surface area contributed by atoms with Gasteiger partial charge in [-0.1, -0.05) is 74.3 Å². The van der Waals surface area contributed by atoms with Gasteiger partial charge < -0.3 is 0 Å². The molecule has 0 unspecified atom stereocenters. The van der Waals surface area contributed by atoms with Crippen molar-refractivity contribution in [2.24, 2.45) is 5.92 Å². The Labute approximate surface area is 130 Å². The van der Waals surface area contributed by atoms with Crippen LogP contribution < -0.4 is 0 Å². The van der Waals surface area contributed by atoms with Gasteiger partial charge in [0.1, 0.15) is 0 Å². The first-order valence-electron chi connectivity index (χ1n) is 8.55. The Balaban J connectivity index is 1.55. The molecule has 1 aromatic rings. The van der Waals surface area contributed by atoms with Gasteiger partial charge in [-0.15, -0.1) is 0 Å². The van der Waals surface area contributed by atoms with E-state index >= 15 is 0 Å². The third-order valence-corrected chi connectivity index (χ3v) is 4.39. The number of unbranched alkanes of at least 4 members (excludes halogenated alkanes) is 2. The fourth-order valence-corrected chi connectivity index (χ4v) is 3.18. The van der Waals surface area contributed by atoms with Crippen molar-refractivity contribution < 1.29 is 0 Å². The van der Waals surface area contributed by atoms with E-state index in [1.807, 2.05) is 18.2 Å². The average Bonchev–Trinajstić information content (AvgIpc) is 2.53. The van der Waals surface area contributed by atoms with Crippen molar-refractivity contribution in [3.63, 3.8) is 0 Å². The molecular formula is C21H28. The fourth-order valence-electron chi connectivity index (χ4n) is 3.18. The summed E-state index contributed by atoms with van der Waals surface area (Å²) in [6, 6.07) is 10.2. The number of hydrogen-bond donors (Lipinski definition) is 0. The lowest BCUT2D eigenvalue weighted by molar-refractivity contribution is 0.353. The number of allylic oxidation sites excluding steroid dienone is 1. The van der Waals surface area contributed by atoms with Crippen LogP contribution in [0.4, 0.5) is 0 Å². The zero-order chi connectivity index (χ0) is 14.8. The minimum atomic E-state index is 0.934. The molecule has 0 spiro atoms. The summed E-state index contributed by atoms with van der Waals surface area (Å²) in [4.78, 5) is 0. The lowest BCUT2D eigenvalue weighted by atomic mass is 9.84. The second-order valence-corrected chi connectivity index (χ2v) is 6.33. The first-order valence-corrected chi connectivity index (χ1v) is 8.55. The summed E-state index contributed by atoms with van der Waals surface area (Å²) in [6.07, 6.45) is 13.1. The monoisotopic (exact) mass is 280 g/mol. The molecule has 0 bridgehead atoms. The molecule has 0 aromatic heterocycles. The first-order chi connectivity index (χ1) is 10.3. The summed E-state index contributed by atoms with van der Waals surface area (Å²) >= 11 is 0. The maximum absolute atomic E-state index is 4.28. The molecule has 0 N–H and O–H groups in total. The van der Waals surface area contributed by atoms with Crippen LogP contribution in [-0.4, -0.2) is 0 Å². The summed E-state index contributed by atoms with van der Waals surface area (Å²) in [7, 11) is 0. The molecule has 0 heteroatoms. The van der Waals surface area contributed by atoms with Gasteiger partial charge in [0.05, 0.1) is 0 Å². The molecule has 1 aromatic carbocycles. The Kier molecular flexibility index (Phi) is 7.16. The van der Waals surface area contributed by atoms with E-state index in [2.05, 4.69) is 30.6 Å². The van der Waals surface area contributed by atoms with E-state index in [1.165, 1.54) is 63.4 Å². The van der Waals surface area contributed by atoms with Crippen LogP contribution in [0, 0.1) is 17.8 Å². The fraction of sp³-hybridized carbons (Fsp3) is 0.524. The van der Waals surface area contributed by atoms with Crippen LogP contribution in [0.1, 0.15) is 69.8 Å². The molecule has 0 heterocycles. The predicted molar refractivity (Wildman–Crippen MR) is 92.1 cm³/mol. The van der Waals surface area contributed by atoms with Crippen molar-refractivity contribution in [2.75, 3.05) is 0 Å². The van der Waals surface area contributed by atoms with Gasteiger partial charge in [-0.05, 0) is 43.7 Å². The van der Waals surface area contributed by atoms with Gasteiger partial charge in [-0.2, -0.15) is 0 Å². The molecule has 21 heavy (non-hydrogen) atoms. The Hall–Kier alpha value is -1.48. The number of benzene rings is 1. The summed E-state index contributed by atoms with van der Waals surface area (Å²) in [5, 5.41) is 0. The highest BCUT2D eigenvalue weighted by Gasteiger charge is 2.13. The molecule has 112 valence electrons. The van der Waals surface area contributed by atoms with Crippen LogP contribution in [0.5, 0.6) is 0 Å². The lowest BCUT2D eigenvalue weighted by Gasteiger charge is -2.22. The Morgan fingerprint density at radius 2 is 1.81 bits per heavy atom. The third kappa shape index (κ3) is 6.67. The maximum atomic E-state index is 4.28. The van der Waals surface area contributed by atoms with Crippen molar-refractivity contribution in [3.8, 4) is 11.8 Å². The van der Waals surface area contributed by atoms with Crippen molar-refractivity contribution in [3.05, 3.63) is 48.0 Å². The minimum Gasteiger partial charge on any atom is -0.0999 e. The molecule has 0 amide bonds. The molecule has 0 saturated heterocycles. The Bertz CT molecular complexity index is 466. The van der Waals surface area contributed by atoms with Gasteiger partial charge in [0, 0.05) is 12.0 Å². The van der Waals surface area contributed by atoms with Gasteiger partial charge >= 0.3 is 0 Å². The number of rotatable bonds is 6. The molecule has 1 aliphatic rings. The minimum absolute atomic E-state index is 0.934. The van der Waals surface area contributed by atoms with Crippen molar-refractivity contribution in [1.29, 1.82) is 0 Å². The van der Waals surface area contributed by atoms with E-state index in [0.29, 0.717) is 0 Å². The highest BCUT2D eigenvalue weighted by atomic mass is 14.2. The van der Waals surface area contributed by atoms with Crippen molar-refractivity contribution in [2.45, 2.75) is 64.2 Å². The topological polar surface area (TPSA) is 0 Å². The van der Waals surface area contributed by atoms with Crippen LogP contribution in [-0.2, 0) is 0 Å². The molecular weight excluding hydrogens is 252 g/mol. The first kappa shape index (κ1) is 15.9. The van der Waals surface area contributed by atoms with E-state index in [0.717, 1.165) is 17.9 Å². The van der Waals surface area contributed by atoms with Gasteiger partial charge in [0.2, 0.25) is 0 Å². The molecule has 0 aliphatic heterocycles. The second kappa shape index (κ2) is 9.46. The third-order valence-electron chi connectivity index (χ3n) is 4.39. The molecule has 1 fully saturated rings. The van der Waals surface area contributed by atoms with Gasteiger partial charge in [0.25, 0.3) is 0 Å². The van der Waals surface area contributed by atoms with Crippen LogP contribution >= 0.6 is 0 Å². The summed E-state index contributed by atoms with van der Waals surface area (Å²) < 4.78 is 0. The van der Waals surface area contributed by atoms with Crippen LogP contribution in [0.3, 0.4) is 0 Å². The van der Waals surface area contributed by atoms with Gasteiger partial charge in [0.15, 0.2) is 0 Å². The zero-order valence-electron chi connectivity index (χ0n) is 13.2. The predicted octanol–water partition coefficient (Wildman–Crippen LogP) is 6.13. The lowest BCUT2D eigenvalue weighted by Crippen LogP contribution is -2.06. The number of hydrogen-bond acceptors (Lipinski definition) is 0. The summed E-state index contributed by atoms with van der Waals surface area (Å²) in [5.41, 5.74) is 2.59. The molecule has 0 radical (unpaired) electrons. The van der Waals surface area contributed by atoms with E-state index in [1.54, 1.807) is 0 Å². The normalized spacial score (nSPS) is 15.2. The SMILES string of the molecule is C=C(CCCCC#Cc1ccccc1)CC1CCCCC1. The van der Waals surface area contributed by atoms with Gasteiger partial charge in [-0.25, -0.2) is 0 Å². The quantitative estimate of drug-likeness (QED) is 0.334. The van der Waals surface area contributed by atoms with E-state index < -0.39 is 0 Å². The largest absolute Gasteiger partial charge is 0.0999 e. The highest BCUT2D eigenvalue weighted by molar-refractivity contribution is 5.33. The van der Waals surface area contributed by atoms with Gasteiger partial charge in [-0.3, -0.25) is 0 Å². The average molecular weight is 280 g/mol. The van der Waals surface area contributed by atoms with Crippen LogP contribution in [0.15, 0.2) is 42.5 Å². The zero-order valence-corrected chi connectivity index (χ0v) is 13.2. The van der Waals surface area contributed by atoms with Crippen molar-refractivity contribution in [1.82, 2.24) is 0 Å². The van der Waals surface area contributed by atoms with E-state index in [-0.39, 0.29) is 0 Å². The molecule has 1 saturated carbocycles. The van der Waals surface area contributed by atoms with E-state index in [4.69, 9.17) is 0 Å². The summed E-state index contributed by atoms with van der Waals surface area (Å²) in [6.45, 7) is 4.28. The Morgan fingerprint density at radius 1 is 1.05 bits per heavy atom. The highest BCUT2D eigenvalue weighted by Crippen LogP contribution is 2.29. The van der Waals surface area contributed by atoms with Crippen LogP contribution in [0.25, 0.3) is 0 Å². The maximum Gasteiger partial charge on any atom is 0.0245 e. The van der Waals surface area contributed by atoms with Crippen LogP contribution in [0.2, 0.25) is 0 Å². The molecule has 1 aliphatic carbocycles. The molecule has 0 atom stereocenters. The van der Waals surface area contributed by atoms with E-state index in [9.17, 15) is 0 Å². The summed E-state index contributed by atoms with van der Waals surface area (Å²) in [5.74, 6) is 7.44. The van der Waals surface area contributed by atoms with Crippen molar-refractivity contribution >= 4 is 0 Å². The standard InChI is InChI=1S/C21H28/c1-19(18-21-16-10-5-11-17-21)12-6-2-3-7-13-20-14-8-4-9-15-20/h4,8-9,14-15,21H,1-3,5-6,10-12,16-18H2. The second-order valence-electron chi connectivity index (χ2n) is 6.33.